The van der Waals surface area contributed by atoms with E-state index in [1.54, 1.807) is 12.2 Å². The maximum Gasteiger partial charge on any atom is 0.155 e. The topological polar surface area (TPSA) is 34.1 Å². The summed E-state index contributed by atoms with van der Waals surface area (Å²) < 4.78 is 0. The van der Waals surface area contributed by atoms with Crippen molar-refractivity contribution < 1.29 is 9.59 Å². The lowest BCUT2D eigenvalue weighted by Gasteiger charge is -1.99. The van der Waals surface area contributed by atoms with Gasteiger partial charge in [-0.3, -0.25) is 9.59 Å². The van der Waals surface area contributed by atoms with Crippen molar-refractivity contribution in [3.8, 4) is 0 Å². The van der Waals surface area contributed by atoms with E-state index < -0.39 is 0 Å². The van der Waals surface area contributed by atoms with Crippen molar-refractivity contribution in [2.75, 3.05) is 0 Å². The first-order chi connectivity index (χ1) is 9.20. The van der Waals surface area contributed by atoms with Crippen molar-refractivity contribution in [3.63, 3.8) is 0 Å². The average Bonchev–Trinajstić information content (AvgIpc) is 2.40. The zero-order chi connectivity index (χ0) is 14.3. The molecule has 0 aromatic rings. The highest BCUT2D eigenvalue weighted by Crippen LogP contribution is 2.08. The molecule has 2 nitrogen and oxygen atoms in total. The molecule has 0 aliphatic heterocycles. The molecule has 0 fully saturated rings. The van der Waals surface area contributed by atoms with E-state index in [4.69, 9.17) is 0 Å². The molecule has 0 N–H and O–H groups in total. The van der Waals surface area contributed by atoms with Crippen LogP contribution in [-0.4, -0.2) is 11.6 Å². The van der Waals surface area contributed by atoms with Crippen LogP contribution in [0.4, 0.5) is 0 Å². The number of hydrogen-bond donors (Lipinski definition) is 0. The van der Waals surface area contributed by atoms with Gasteiger partial charge in [-0.1, -0.05) is 58.4 Å². The van der Waals surface area contributed by atoms with E-state index in [1.165, 1.54) is 25.7 Å². The van der Waals surface area contributed by atoms with Gasteiger partial charge in [0.2, 0.25) is 0 Å². The molecule has 0 aromatic heterocycles. The second kappa shape index (κ2) is 13.5. The third-order valence-electron chi connectivity index (χ3n) is 3.24. The Morgan fingerprint density at radius 3 is 2.11 bits per heavy atom. The van der Waals surface area contributed by atoms with E-state index in [0.717, 1.165) is 25.7 Å². The molecule has 0 amide bonds. The monoisotopic (exact) mass is 266 g/mol. The molecule has 0 bridgehead atoms. The number of rotatable bonds is 13. The first-order valence-electron chi connectivity index (χ1n) is 7.91. The normalized spacial score (nSPS) is 11.1. The Balaban J connectivity index is 3.48. The molecule has 0 aliphatic rings. The fraction of sp³-hybridized carbons (Fsp3) is 0.765. The van der Waals surface area contributed by atoms with Crippen LogP contribution in [0.2, 0.25) is 0 Å². The summed E-state index contributed by atoms with van der Waals surface area (Å²) in [7, 11) is 0. The summed E-state index contributed by atoms with van der Waals surface area (Å²) in [4.78, 5) is 22.9. The Morgan fingerprint density at radius 1 is 0.789 bits per heavy atom. The summed E-state index contributed by atoms with van der Waals surface area (Å²) in [5.74, 6) is 0.407. The van der Waals surface area contributed by atoms with E-state index >= 15 is 0 Å². The number of hydrogen-bond acceptors (Lipinski definition) is 2. The second-order valence-corrected chi connectivity index (χ2v) is 5.23. The third-order valence-corrected chi connectivity index (χ3v) is 3.24. The lowest BCUT2D eigenvalue weighted by molar-refractivity contribution is -0.118. The van der Waals surface area contributed by atoms with Crippen LogP contribution < -0.4 is 0 Å². The Morgan fingerprint density at radius 2 is 1.42 bits per heavy atom. The molecule has 0 spiro atoms. The fourth-order valence-electron chi connectivity index (χ4n) is 1.96. The minimum atomic E-state index is 0.147. The molecule has 0 atom stereocenters. The van der Waals surface area contributed by atoms with E-state index in [-0.39, 0.29) is 11.6 Å². The molecule has 0 heterocycles. The third kappa shape index (κ3) is 13.3. The van der Waals surface area contributed by atoms with Gasteiger partial charge in [-0.15, -0.1) is 0 Å². The van der Waals surface area contributed by atoms with Gasteiger partial charge in [0.15, 0.2) is 5.78 Å². The maximum atomic E-state index is 11.6. The summed E-state index contributed by atoms with van der Waals surface area (Å²) in [5, 5.41) is 0. The van der Waals surface area contributed by atoms with Crippen molar-refractivity contribution in [2.45, 2.75) is 84.5 Å². The Labute approximate surface area is 118 Å². The van der Waals surface area contributed by atoms with Crippen LogP contribution in [0.1, 0.15) is 84.5 Å². The lowest BCUT2D eigenvalue weighted by atomic mass is 10.1. The first kappa shape index (κ1) is 18.1. The smallest absolute Gasteiger partial charge is 0.155 e. The molecular formula is C17H30O2. The highest BCUT2D eigenvalue weighted by atomic mass is 16.1. The van der Waals surface area contributed by atoms with E-state index in [9.17, 15) is 9.59 Å². The quantitative estimate of drug-likeness (QED) is 0.347. The van der Waals surface area contributed by atoms with E-state index in [1.807, 2.05) is 0 Å². The number of Topliss-reactive ketones (excluding diaryl/α,β-unsaturated/α-hetero) is 1. The number of ketones is 2. The van der Waals surface area contributed by atoms with Gasteiger partial charge in [0, 0.05) is 19.3 Å². The molecule has 0 saturated heterocycles. The van der Waals surface area contributed by atoms with Crippen molar-refractivity contribution in [1.82, 2.24) is 0 Å². The highest BCUT2D eigenvalue weighted by Gasteiger charge is 2.00. The van der Waals surface area contributed by atoms with Crippen LogP contribution in [0.25, 0.3) is 0 Å². The largest absolute Gasteiger partial charge is 0.299 e. The molecule has 0 unspecified atom stereocenters. The number of carbonyl (C=O) groups is 2. The van der Waals surface area contributed by atoms with Crippen LogP contribution >= 0.6 is 0 Å². The fourth-order valence-corrected chi connectivity index (χ4v) is 1.96. The summed E-state index contributed by atoms with van der Waals surface area (Å²) in [6.45, 7) is 4.28. The van der Waals surface area contributed by atoms with Crippen molar-refractivity contribution in [1.29, 1.82) is 0 Å². The van der Waals surface area contributed by atoms with Gasteiger partial charge in [-0.2, -0.15) is 0 Å². The Hall–Kier alpha value is -0.920. The summed E-state index contributed by atoms with van der Waals surface area (Å²) in [6, 6.07) is 0. The first-order valence-corrected chi connectivity index (χ1v) is 7.91. The minimum Gasteiger partial charge on any atom is -0.299 e. The molecule has 0 aromatic carbocycles. The average molecular weight is 266 g/mol. The van der Waals surface area contributed by atoms with Crippen LogP contribution in [0.3, 0.4) is 0 Å². The predicted molar refractivity (Wildman–Crippen MR) is 81.3 cm³/mol. The summed E-state index contributed by atoms with van der Waals surface area (Å²) >= 11 is 0. The van der Waals surface area contributed by atoms with Gasteiger partial charge in [0.25, 0.3) is 0 Å². The van der Waals surface area contributed by atoms with Gasteiger partial charge in [0.1, 0.15) is 5.78 Å². The standard InChI is InChI=1S/C17H30O2/c1-3-5-7-8-9-10-13-17(19)15-11-14-16(18)12-6-4-2/h11,14H,3-10,12-13,15H2,1-2H3. The van der Waals surface area contributed by atoms with Crippen molar-refractivity contribution >= 4 is 11.6 Å². The summed E-state index contributed by atoms with van der Waals surface area (Å²) in [6.07, 6.45) is 14.2. The van der Waals surface area contributed by atoms with Gasteiger partial charge >= 0.3 is 0 Å². The maximum absolute atomic E-state index is 11.6. The zero-order valence-corrected chi connectivity index (χ0v) is 12.7. The van der Waals surface area contributed by atoms with E-state index in [0.29, 0.717) is 19.3 Å². The molecule has 19 heavy (non-hydrogen) atoms. The van der Waals surface area contributed by atoms with Gasteiger partial charge < -0.3 is 0 Å². The molecule has 2 heteroatoms. The van der Waals surface area contributed by atoms with Crippen LogP contribution in [0.5, 0.6) is 0 Å². The zero-order valence-electron chi connectivity index (χ0n) is 12.7. The SMILES string of the molecule is CCCCCCCCC(=O)CC=CC(=O)CCCC. The predicted octanol–water partition coefficient (Wildman–Crippen LogP) is 5.01. The minimum absolute atomic E-state index is 0.147. The van der Waals surface area contributed by atoms with Gasteiger partial charge in [-0.25, -0.2) is 0 Å². The molecule has 0 aliphatic carbocycles. The number of unbranched alkanes of at least 4 members (excludes halogenated alkanes) is 6. The molecule has 0 saturated carbocycles. The highest BCUT2D eigenvalue weighted by molar-refractivity contribution is 5.90. The molecule has 0 radical (unpaired) electrons. The Kier molecular flexibility index (Phi) is 12.9. The van der Waals surface area contributed by atoms with Gasteiger partial charge in [0.05, 0.1) is 0 Å². The molecule has 0 rings (SSSR count). The summed E-state index contributed by atoms with van der Waals surface area (Å²) in [5.41, 5.74) is 0. The van der Waals surface area contributed by atoms with Crippen LogP contribution in [0, 0.1) is 0 Å². The van der Waals surface area contributed by atoms with Crippen LogP contribution in [0.15, 0.2) is 12.2 Å². The second-order valence-electron chi connectivity index (χ2n) is 5.23. The van der Waals surface area contributed by atoms with Crippen molar-refractivity contribution in [2.24, 2.45) is 0 Å². The number of allylic oxidation sites excluding steroid dienone is 2. The van der Waals surface area contributed by atoms with Crippen LogP contribution in [-0.2, 0) is 9.59 Å². The van der Waals surface area contributed by atoms with E-state index in [2.05, 4.69) is 13.8 Å². The lowest BCUT2D eigenvalue weighted by Crippen LogP contribution is -1.97. The molecular weight excluding hydrogens is 236 g/mol. The van der Waals surface area contributed by atoms with Gasteiger partial charge in [-0.05, 0) is 18.9 Å². The van der Waals surface area contributed by atoms with Crippen molar-refractivity contribution in [3.05, 3.63) is 12.2 Å². The number of carbonyl (C=O) groups excluding carboxylic acids is 2. The Bertz CT molecular complexity index is 266. The molecule has 110 valence electrons.